The zero-order valence-corrected chi connectivity index (χ0v) is 16.4. The fourth-order valence-corrected chi connectivity index (χ4v) is 3.35. The summed E-state index contributed by atoms with van der Waals surface area (Å²) in [6.45, 7) is 4.76. The second kappa shape index (κ2) is 10.0. The molecule has 2 N–H and O–H groups in total. The Hall–Kier alpha value is -2.67. The molecule has 3 rings (SSSR count). The molecule has 2 aromatic rings. The quantitative estimate of drug-likeness (QED) is 0.567. The van der Waals surface area contributed by atoms with Crippen LogP contribution in [0.25, 0.3) is 0 Å². The van der Waals surface area contributed by atoms with Crippen LogP contribution in [-0.2, 0) is 4.74 Å². The molecule has 28 heavy (non-hydrogen) atoms. The van der Waals surface area contributed by atoms with Gasteiger partial charge in [-0.1, -0.05) is 30.3 Å². The first-order valence-corrected chi connectivity index (χ1v) is 9.69. The molecule has 2 unspecified atom stereocenters. The number of hydrogen-bond acceptors (Lipinski definition) is 4. The van der Waals surface area contributed by atoms with Crippen LogP contribution in [-0.4, -0.2) is 50.3 Å². The number of methoxy groups -OCH3 is 1. The van der Waals surface area contributed by atoms with E-state index in [4.69, 9.17) is 9.73 Å². The SMILES string of the molecule is CCNC(=NCC(OC)c1ccccc1)NC1CCN(c2ncccc2F)C1. The first kappa shape index (κ1) is 20.1. The summed E-state index contributed by atoms with van der Waals surface area (Å²) in [7, 11) is 1.70. The molecule has 1 aromatic carbocycles. The summed E-state index contributed by atoms with van der Waals surface area (Å²) in [5.41, 5.74) is 1.10. The van der Waals surface area contributed by atoms with Gasteiger partial charge in [0.05, 0.1) is 6.54 Å². The molecule has 0 aliphatic carbocycles. The predicted octanol–water partition coefficient (Wildman–Crippen LogP) is 2.74. The molecule has 0 radical (unpaired) electrons. The lowest BCUT2D eigenvalue weighted by Crippen LogP contribution is -2.45. The number of pyridine rings is 1. The summed E-state index contributed by atoms with van der Waals surface area (Å²) >= 11 is 0. The summed E-state index contributed by atoms with van der Waals surface area (Å²) in [5.74, 6) is 0.876. The number of hydrogen-bond donors (Lipinski definition) is 2. The minimum absolute atomic E-state index is 0.0978. The number of aliphatic imine (C=N–C) groups is 1. The van der Waals surface area contributed by atoms with E-state index >= 15 is 0 Å². The number of benzene rings is 1. The molecule has 1 fully saturated rings. The molecule has 2 heterocycles. The zero-order valence-electron chi connectivity index (χ0n) is 16.4. The Morgan fingerprint density at radius 3 is 2.86 bits per heavy atom. The highest BCUT2D eigenvalue weighted by Gasteiger charge is 2.26. The molecule has 2 atom stereocenters. The summed E-state index contributed by atoms with van der Waals surface area (Å²) < 4.78 is 19.6. The van der Waals surface area contributed by atoms with Crippen molar-refractivity contribution >= 4 is 11.8 Å². The zero-order chi connectivity index (χ0) is 19.8. The molecule has 7 heteroatoms. The molecule has 1 aliphatic rings. The van der Waals surface area contributed by atoms with Gasteiger partial charge in [-0.15, -0.1) is 0 Å². The topological polar surface area (TPSA) is 61.8 Å². The first-order chi connectivity index (χ1) is 13.7. The molecule has 1 aromatic heterocycles. The fourth-order valence-electron chi connectivity index (χ4n) is 3.35. The third-order valence-corrected chi connectivity index (χ3v) is 4.78. The van der Waals surface area contributed by atoms with E-state index in [1.807, 2.05) is 42.2 Å². The lowest BCUT2D eigenvalue weighted by atomic mass is 10.1. The molecule has 0 bridgehead atoms. The van der Waals surface area contributed by atoms with E-state index in [0.29, 0.717) is 18.9 Å². The van der Waals surface area contributed by atoms with E-state index in [1.54, 1.807) is 19.4 Å². The van der Waals surface area contributed by atoms with Crippen molar-refractivity contribution in [3.8, 4) is 0 Å². The normalized spacial score (nSPS) is 18.2. The number of halogens is 1. The maximum atomic E-state index is 14.0. The predicted molar refractivity (Wildman–Crippen MR) is 110 cm³/mol. The van der Waals surface area contributed by atoms with Gasteiger partial charge in [0.2, 0.25) is 0 Å². The maximum absolute atomic E-state index is 14.0. The number of aromatic nitrogens is 1. The number of anilines is 1. The minimum atomic E-state index is -0.283. The van der Waals surface area contributed by atoms with E-state index < -0.39 is 0 Å². The van der Waals surface area contributed by atoms with Gasteiger partial charge in [0.25, 0.3) is 0 Å². The molecule has 1 aliphatic heterocycles. The van der Waals surface area contributed by atoms with Gasteiger partial charge in [-0.2, -0.15) is 0 Å². The van der Waals surface area contributed by atoms with Crippen LogP contribution in [0.5, 0.6) is 0 Å². The third-order valence-electron chi connectivity index (χ3n) is 4.78. The molecule has 0 spiro atoms. The van der Waals surface area contributed by atoms with Crippen molar-refractivity contribution in [1.29, 1.82) is 0 Å². The Morgan fingerprint density at radius 2 is 2.14 bits per heavy atom. The van der Waals surface area contributed by atoms with Gasteiger partial charge in [-0.3, -0.25) is 4.99 Å². The number of rotatable bonds is 7. The molecular weight excluding hydrogens is 357 g/mol. The van der Waals surface area contributed by atoms with Crippen molar-refractivity contribution in [3.05, 3.63) is 60.0 Å². The first-order valence-electron chi connectivity index (χ1n) is 9.69. The Bertz CT molecular complexity index is 770. The Kier molecular flexibility index (Phi) is 7.19. The standard InChI is InChI=1S/C21H28FN5O/c1-3-23-21(25-14-19(28-2)16-8-5-4-6-9-16)26-17-11-13-27(15-17)20-18(22)10-7-12-24-20/h4-10,12,17,19H,3,11,13-15H2,1-2H3,(H2,23,25,26). The highest BCUT2D eigenvalue weighted by molar-refractivity contribution is 5.80. The van der Waals surface area contributed by atoms with Crippen molar-refractivity contribution in [2.75, 3.05) is 38.2 Å². The number of nitrogens with one attached hydrogen (secondary N) is 2. The smallest absolute Gasteiger partial charge is 0.191 e. The second-order valence-corrected chi connectivity index (χ2v) is 6.74. The monoisotopic (exact) mass is 385 g/mol. The Balaban J connectivity index is 1.61. The van der Waals surface area contributed by atoms with E-state index in [9.17, 15) is 4.39 Å². The van der Waals surface area contributed by atoms with Crippen LogP contribution >= 0.6 is 0 Å². The largest absolute Gasteiger partial charge is 0.375 e. The number of ether oxygens (including phenoxy) is 1. The van der Waals surface area contributed by atoms with Crippen LogP contribution in [0.15, 0.2) is 53.7 Å². The van der Waals surface area contributed by atoms with Gasteiger partial charge in [0.15, 0.2) is 17.6 Å². The van der Waals surface area contributed by atoms with Gasteiger partial charge in [-0.25, -0.2) is 9.37 Å². The summed E-state index contributed by atoms with van der Waals surface area (Å²) in [4.78, 5) is 10.8. The lowest BCUT2D eigenvalue weighted by molar-refractivity contribution is 0.111. The average molecular weight is 385 g/mol. The molecule has 0 amide bonds. The molecule has 1 saturated heterocycles. The van der Waals surface area contributed by atoms with Gasteiger partial charge in [0, 0.05) is 39.0 Å². The van der Waals surface area contributed by atoms with E-state index in [2.05, 4.69) is 15.6 Å². The highest BCUT2D eigenvalue weighted by Crippen LogP contribution is 2.21. The van der Waals surface area contributed by atoms with Crippen molar-refractivity contribution in [2.45, 2.75) is 25.5 Å². The Morgan fingerprint density at radius 1 is 1.32 bits per heavy atom. The average Bonchev–Trinajstić information content (AvgIpc) is 3.18. The van der Waals surface area contributed by atoms with Crippen LogP contribution in [0.3, 0.4) is 0 Å². The lowest BCUT2D eigenvalue weighted by Gasteiger charge is -2.20. The maximum Gasteiger partial charge on any atom is 0.191 e. The molecule has 150 valence electrons. The summed E-state index contributed by atoms with van der Waals surface area (Å²) in [6.07, 6.45) is 2.42. The van der Waals surface area contributed by atoms with Gasteiger partial charge < -0.3 is 20.3 Å². The van der Waals surface area contributed by atoms with Crippen LogP contribution in [0, 0.1) is 5.82 Å². The fraction of sp³-hybridized carbons (Fsp3) is 0.429. The molecular formula is C21H28FN5O. The molecule has 6 nitrogen and oxygen atoms in total. The number of guanidine groups is 1. The summed E-state index contributed by atoms with van der Waals surface area (Å²) in [6, 6.07) is 13.3. The van der Waals surface area contributed by atoms with E-state index in [-0.39, 0.29) is 18.0 Å². The van der Waals surface area contributed by atoms with Gasteiger partial charge in [0.1, 0.15) is 6.10 Å². The van der Waals surface area contributed by atoms with E-state index in [1.165, 1.54) is 6.07 Å². The van der Waals surface area contributed by atoms with Crippen molar-refractivity contribution in [1.82, 2.24) is 15.6 Å². The number of nitrogens with zero attached hydrogens (tertiary/aromatic N) is 3. The van der Waals surface area contributed by atoms with Crippen LogP contribution in [0.2, 0.25) is 0 Å². The van der Waals surface area contributed by atoms with Crippen molar-refractivity contribution in [2.24, 2.45) is 4.99 Å². The van der Waals surface area contributed by atoms with E-state index in [0.717, 1.165) is 31.0 Å². The third kappa shape index (κ3) is 5.19. The van der Waals surface area contributed by atoms with Crippen LogP contribution in [0.4, 0.5) is 10.2 Å². The van der Waals surface area contributed by atoms with Gasteiger partial charge in [-0.05, 0) is 31.0 Å². The van der Waals surface area contributed by atoms with Gasteiger partial charge >= 0.3 is 0 Å². The molecule has 0 saturated carbocycles. The van der Waals surface area contributed by atoms with Crippen molar-refractivity contribution in [3.63, 3.8) is 0 Å². The Labute approximate surface area is 165 Å². The van der Waals surface area contributed by atoms with Crippen molar-refractivity contribution < 1.29 is 9.13 Å². The second-order valence-electron chi connectivity index (χ2n) is 6.74. The van der Waals surface area contributed by atoms with Crippen LogP contribution < -0.4 is 15.5 Å². The van der Waals surface area contributed by atoms with Crippen LogP contribution in [0.1, 0.15) is 25.0 Å². The minimum Gasteiger partial charge on any atom is -0.375 e. The highest BCUT2D eigenvalue weighted by atomic mass is 19.1. The summed E-state index contributed by atoms with van der Waals surface area (Å²) in [5, 5.41) is 6.74.